The van der Waals surface area contributed by atoms with Crippen LogP contribution in [0.5, 0.6) is 17.2 Å². The predicted octanol–water partition coefficient (Wildman–Crippen LogP) is 7.26. The van der Waals surface area contributed by atoms with Crippen molar-refractivity contribution < 1.29 is 37.5 Å². The lowest BCUT2D eigenvalue weighted by Gasteiger charge is -2.39. The molecule has 2 aliphatic heterocycles. The molecule has 2 amide bonds. The van der Waals surface area contributed by atoms with Gasteiger partial charge in [0.1, 0.15) is 23.8 Å². The molecule has 0 spiro atoms. The first-order valence-electron chi connectivity index (χ1n) is 20.1. The van der Waals surface area contributed by atoms with E-state index in [1.165, 1.54) is 29.0 Å². The molecule has 1 atom stereocenters. The predicted molar refractivity (Wildman–Crippen MR) is 234 cm³/mol. The molecule has 3 aromatic carbocycles. The average molecular weight is 885 g/mol. The summed E-state index contributed by atoms with van der Waals surface area (Å²) >= 11 is 6.23. The van der Waals surface area contributed by atoms with E-state index in [1.54, 1.807) is 24.4 Å². The van der Waals surface area contributed by atoms with E-state index >= 15 is 0 Å². The molecule has 0 bridgehead atoms. The smallest absolute Gasteiger partial charge is 0.404 e. The number of amides is 2. The van der Waals surface area contributed by atoms with Gasteiger partial charge >= 0.3 is 6.09 Å². The Morgan fingerprint density at radius 1 is 1.08 bits per heavy atom. The van der Waals surface area contributed by atoms with E-state index < -0.39 is 43.6 Å². The summed E-state index contributed by atoms with van der Waals surface area (Å²) in [5.41, 5.74) is 4.78. The Balaban J connectivity index is 1.02. The van der Waals surface area contributed by atoms with Gasteiger partial charge in [-0.05, 0) is 72.2 Å². The Morgan fingerprint density at radius 2 is 1.85 bits per heavy atom. The second-order valence-electron chi connectivity index (χ2n) is 16.4. The van der Waals surface area contributed by atoms with E-state index in [-0.39, 0.29) is 41.3 Å². The minimum Gasteiger partial charge on any atom is -0.489 e. The Morgan fingerprint density at radius 3 is 2.60 bits per heavy atom. The maximum atomic E-state index is 13.9. The number of sulfonamides is 1. The number of pyridine rings is 1. The number of piperazine rings is 1. The molecule has 324 valence electrons. The van der Waals surface area contributed by atoms with Crippen LogP contribution in [-0.2, 0) is 10.0 Å². The summed E-state index contributed by atoms with van der Waals surface area (Å²) in [6.07, 6.45) is 5.07. The van der Waals surface area contributed by atoms with Crippen molar-refractivity contribution in [3.8, 4) is 17.2 Å². The van der Waals surface area contributed by atoms with Gasteiger partial charge in [-0.3, -0.25) is 19.8 Å². The standard InChI is InChI=1S/C43H45ClN8O9S/c1-43(2)11-9-28(35(21-43)26-3-5-29(44)6-4-26)24-50-13-15-51(16-14-50)31-7-8-34(37(18-31)61-32-17-27-10-12-45-40(27)46-23-32)41(53)49-62(58,59)33-19-36(52(56)57)39-38(20-33)60-25-30(48-39)22-47-42(54)55/h3-8,10,12,17-20,23,30,47-48H,9,11,13-16,21-22,24-25H2,1-2H3,(H,45,46)(H,49,53)(H,54,55)/t30-/m1/s1. The number of carbonyl (C=O) groups excluding carboxylic acids is 1. The summed E-state index contributed by atoms with van der Waals surface area (Å²) in [5, 5.41) is 27.5. The summed E-state index contributed by atoms with van der Waals surface area (Å²) in [5.74, 6) is -0.807. The summed E-state index contributed by atoms with van der Waals surface area (Å²) < 4.78 is 41.5. The van der Waals surface area contributed by atoms with E-state index in [4.69, 9.17) is 26.2 Å². The molecule has 8 rings (SSSR count). The summed E-state index contributed by atoms with van der Waals surface area (Å²) in [6, 6.07) is 17.8. The summed E-state index contributed by atoms with van der Waals surface area (Å²) in [4.78, 5) is 47.7. The fraction of sp³-hybridized carbons (Fsp3) is 0.326. The molecule has 1 saturated heterocycles. The molecule has 19 heteroatoms. The van der Waals surface area contributed by atoms with Gasteiger partial charge in [0.2, 0.25) is 0 Å². The first kappa shape index (κ1) is 42.3. The molecule has 5 N–H and O–H groups in total. The number of benzene rings is 3. The van der Waals surface area contributed by atoms with Crippen LogP contribution in [0.2, 0.25) is 5.02 Å². The molecule has 0 saturated carbocycles. The third-order valence-corrected chi connectivity index (χ3v) is 13.0. The lowest BCUT2D eigenvalue weighted by atomic mass is 9.72. The molecule has 3 aliphatic rings. The van der Waals surface area contributed by atoms with Crippen LogP contribution in [0.4, 0.5) is 21.9 Å². The number of carboxylic acid groups (broad SMARTS) is 1. The zero-order chi connectivity index (χ0) is 43.8. The monoisotopic (exact) mass is 884 g/mol. The van der Waals surface area contributed by atoms with Gasteiger partial charge in [-0.15, -0.1) is 0 Å². The number of nitrogens with one attached hydrogen (secondary N) is 4. The lowest BCUT2D eigenvalue weighted by Crippen LogP contribution is -2.47. The van der Waals surface area contributed by atoms with Gasteiger partial charge in [-0.25, -0.2) is 22.9 Å². The van der Waals surface area contributed by atoms with E-state index in [1.807, 2.05) is 22.9 Å². The number of anilines is 2. The topological polar surface area (TPSA) is 221 Å². The first-order chi connectivity index (χ1) is 29.6. The van der Waals surface area contributed by atoms with Crippen molar-refractivity contribution in [1.82, 2.24) is 24.9 Å². The fourth-order valence-electron chi connectivity index (χ4n) is 8.11. The second kappa shape index (κ2) is 17.2. The van der Waals surface area contributed by atoms with Gasteiger partial charge in [0.05, 0.1) is 27.6 Å². The van der Waals surface area contributed by atoms with Gasteiger partial charge in [0, 0.05) is 79.8 Å². The third kappa shape index (κ3) is 9.41. The number of hydrogen-bond acceptors (Lipinski definition) is 12. The van der Waals surface area contributed by atoms with Crippen LogP contribution >= 0.6 is 11.6 Å². The number of aromatic nitrogens is 2. The van der Waals surface area contributed by atoms with Crippen molar-refractivity contribution in [3.05, 3.63) is 111 Å². The summed E-state index contributed by atoms with van der Waals surface area (Å²) in [7, 11) is -4.72. The van der Waals surface area contributed by atoms with Gasteiger partial charge < -0.3 is 35.1 Å². The van der Waals surface area contributed by atoms with Crippen LogP contribution in [-0.4, -0.2) is 97.2 Å². The number of fused-ring (bicyclic) bond motifs is 2. The highest BCUT2D eigenvalue weighted by atomic mass is 35.5. The molecule has 5 aromatic rings. The van der Waals surface area contributed by atoms with Gasteiger partial charge in [0.15, 0.2) is 11.4 Å². The summed E-state index contributed by atoms with van der Waals surface area (Å²) in [6.45, 7) is 8.21. The lowest BCUT2D eigenvalue weighted by molar-refractivity contribution is -0.384. The Hall–Kier alpha value is -6.37. The van der Waals surface area contributed by atoms with Crippen molar-refractivity contribution in [2.75, 3.05) is 56.1 Å². The van der Waals surface area contributed by atoms with Gasteiger partial charge in [-0.2, -0.15) is 0 Å². The second-order valence-corrected chi connectivity index (χ2v) is 18.5. The van der Waals surface area contributed by atoms with Crippen molar-refractivity contribution in [1.29, 1.82) is 0 Å². The number of H-pyrrole nitrogens is 1. The highest BCUT2D eigenvalue weighted by Crippen LogP contribution is 2.44. The minimum atomic E-state index is -4.72. The average Bonchev–Trinajstić information content (AvgIpc) is 3.71. The number of ether oxygens (including phenoxy) is 2. The number of carbonyl (C=O) groups is 2. The van der Waals surface area contributed by atoms with Crippen molar-refractivity contribution in [3.63, 3.8) is 0 Å². The van der Waals surface area contributed by atoms with Crippen LogP contribution in [0, 0.1) is 15.5 Å². The molecule has 1 aliphatic carbocycles. The molecule has 0 radical (unpaired) electrons. The number of nitrogens with zero attached hydrogens (tertiary/aromatic N) is 4. The number of halogens is 1. The molecule has 0 unspecified atom stereocenters. The Labute approximate surface area is 362 Å². The van der Waals surface area contributed by atoms with Gasteiger partial charge in [-0.1, -0.05) is 43.2 Å². The molecular weight excluding hydrogens is 840 g/mol. The Bertz CT molecular complexity index is 2700. The molecular formula is C43H45ClN8O9S. The zero-order valence-corrected chi connectivity index (χ0v) is 35.5. The number of nitro groups is 1. The first-order valence-corrected chi connectivity index (χ1v) is 21.9. The maximum Gasteiger partial charge on any atom is 0.404 e. The molecule has 2 aromatic heterocycles. The Kier molecular flexibility index (Phi) is 11.7. The number of rotatable bonds is 12. The van der Waals surface area contributed by atoms with Crippen LogP contribution in [0.25, 0.3) is 16.6 Å². The molecule has 62 heavy (non-hydrogen) atoms. The SMILES string of the molecule is CC1(C)CCC(CN2CCN(c3ccc(C(=O)NS(=O)(=O)c4cc5c(c([N+](=O)[O-])c4)N[C@H](CNC(=O)O)CO5)c(Oc4cnc5[nH]ccc5c4)c3)CC2)=C(c2ccc(Cl)cc2)C1. The van der Waals surface area contributed by atoms with Crippen molar-refractivity contribution in [2.45, 2.75) is 44.0 Å². The maximum absolute atomic E-state index is 13.9. The third-order valence-electron chi connectivity index (χ3n) is 11.4. The van der Waals surface area contributed by atoms with Crippen LogP contribution in [0.1, 0.15) is 49.0 Å². The van der Waals surface area contributed by atoms with E-state index in [9.17, 15) is 28.1 Å². The minimum absolute atomic E-state index is 0.0712. The van der Waals surface area contributed by atoms with E-state index in [0.29, 0.717) is 29.5 Å². The normalized spacial score (nSPS) is 17.7. The fourth-order valence-corrected chi connectivity index (χ4v) is 9.23. The van der Waals surface area contributed by atoms with E-state index in [0.717, 1.165) is 62.1 Å². The number of aromatic amines is 1. The molecule has 4 heterocycles. The highest BCUT2D eigenvalue weighted by Gasteiger charge is 2.33. The number of hydrogen-bond donors (Lipinski definition) is 5. The quantitative estimate of drug-likeness (QED) is 0.0616. The van der Waals surface area contributed by atoms with Crippen LogP contribution < -0.4 is 29.7 Å². The van der Waals surface area contributed by atoms with Crippen LogP contribution in [0.15, 0.2) is 89.6 Å². The van der Waals surface area contributed by atoms with Crippen molar-refractivity contribution >= 4 is 67.3 Å². The molecule has 1 fully saturated rings. The molecule has 17 nitrogen and oxygen atoms in total. The van der Waals surface area contributed by atoms with E-state index in [2.05, 4.69) is 56.4 Å². The largest absolute Gasteiger partial charge is 0.489 e. The van der Waals surface area contributed by atoms with Gasteiger partial charge in [0.25, 0.3) is 21.6 Å². The highest BCUT2D eigenvalue weighted by molar-refractivity contribution is 7.90. The number of nitro benzene ring substituents is 1. The number of allylic oxidation sites excluding steroid dienone is 1. The van der Waals surface area contributed by atoms with Crippen LogP contribution in [0.3, 0.4) is 0 Å². The zero-order valence-electron chi connectivity index (χ0n) is 33.9. The van der Waals surface area contributed by atoms with Crippen molar-refractivity contribution in [2.24, 2.45) is 5.41 Å².